The lowest BCUT2D eigenvalue weighted by molar-refractivity contribution is -0.115. The van der Waals surface area contributed by atoms with Crippen molar-refractivity contribution in [1.82, 2.24) is 0 Å². The first kappa shape index (κ1) is 12.1. The second-order valence-electron chi connectivity index (χ2n) is 3.40. The van der Waals surface area contributed by atoms with Crippen LogP contribution < -0.4 is 0 Å². The molecule has 0 unspecified atom stereocenters. The average Bonchev–Trinajstić information content (AvgIpc) is 2.11. The molecule has 0 aromatic rings. The van der Waals surface area contributed by atoms with E-state index in [4.69, 9.17) is 5.41 Å². The monoisotopic (exact) mass is 181 g/mol. The summed E-state index contributed by atoms with van der Waals surface area (Å²) in [6.45, 7) is 7.43. The van der Waals surface area contributed by atoms with Gasteiger partial charge in [-0.05, 0) is 38.3 Å². The van der Waals surface area contributed by atoms with Gasteiger partial charge in [-0.15, -0.1) is 0 Å². The lowest BCUT2D eigenvalue weighted by Gasteiger charge is -2.04. The highest BCUT2D eigenvalue weighted by molar-refractivity contribution is 6.05. The van der Waals surface area contributed by atoms with Gasteiger partial charge in [0.25, 0.3) is 0 Å². The number of hydrogen-bond acceptors (Lipinski definition) is 2. The molecule has 0 aliphatic carbocycles. The summed E-state index contributed by atoms with van der Waals surface area (Å²) in [6.07, 6.45) is 2.61. The Hall–Kier alpha value is -0.920. The third-order valence-electron chi connectivity index (χ3n) is 2.30. The number of hydrogen-bond donors (Lipinski definition) is 1. The van der Waals surface area contributed by atoms with Crippen LogP contribution in [0.25, 0.3) is 0 Å². The van der Waals surface area contributed by atoms with Crippen molar-refractivity contribution in [2.24, 2.45) is 0 Å². The Bertz CT molecular complexity index is 238. The van der Waals surface area contributed by atoms with Crippen LogP contribution in [0.1, 0.15) is 47.0 Å². The van der Waals surface area contributed by atoms with E-state index >= 15 is 0 Å². The van der Waals surface area contributed by atoms with Gasteiger partial charge in [0.1, 0.15) is 0 Å². The maximum absolute atomic E-state index is 11.5. The lowest BCUT2D eigenvalue weighted by atomic mass is 10.0. The third kappa shape index (κ3) is 4.02. The van der Waals surface area contributed by atoms with E-state index in [2.05, 4.69) is 6.92 Å². The van der Waals surface area contributed by atoms with Crippen molar-refractivity contribution in [3.63, 3.8) is 0 Å². The van der Waals surface area contributed by atoms with Crippen LogP contribution in [0, 0.1) is 5.41 Å². The van der Waals surface area contributed by atoms with Gasteiger partial charge in [0.05, 0.1) is 0 Å². The van der Waals surface area contributed by atoms with Crippen LogP contribution in [-0.4, -0.2) is 11.5 Å². The molecule has 2 nitrogen and oxygen atoms in total. The van der Waals surface area contributed by atoms with Crippen molar-refractivity contribution in [2.45, 2.75) is 47.0 Å². The first-order valence-electron chi connectivity index (χ1n) is 4.76. The third-order valence-corrected chi connectivity index (χ3v) is 2.30. The van der Waals surface area contributed by atoms with E-state index in [0.717, 1.165) is 24.0 Å². The number of allylic oxidation sites excluding steroid dienone is 2. The predicted molar refractivity (Wildman–Crippen MR) is 56.3 cm³/mol. The van der Waals surface area contributed by atoms with Gasteiger partial charge in [-0.1, -0.05) is 13.3 Å². The standard InChI is InChI=1S/C11H19NO/c1-5-6-7-11(13)9(3)8(2)10(4)12/h12H,5-7H2,1-4H3/b9-8-,12-10?. The van der Waals surface area contributed by atoms with Gasteiger partial charge >= 0.3 is 0 Å². The van der Waals surface area contributed by atoms with Crippen LogP contribution in [0.5, 0.6) is 0 Å². The number of Topliss-reactive ketones (excluding diaryl/α,β-unsaturated/α-hetero) is 1. The fourth-order valence-electron chi connectivity index (χ4n) is 1.02. The Morgan fingerprint density at radius 2 is 1.69 bits per heavy atom. The van der Waals surface area contributed by atoms with Crippen molar-refractivity contribution in [2.75, 3.05) is 0 Å². The largest absolute Gasteiger partial charge is 0.305 e. The second-order valence-corrected chi connectivity index (χ2v) is 3.40. The molecule has 0 saturated heterocycles. The lowest BCUT2D eigenvalue weighted by Crippen LogP contribution is -2.05. The number of carbonyl (C=O) groups excluding carboxylic acids is 1. The molecular formula is C11H19NO. The highest BCUT2D eigenvalue weighted by atomic mass is 16.1. The molecule has 1 N–H and O–H groups in total. The highest BCUT2D eigenvalue weighted by Gasteiger charge is 2.07. The minimum Gasteiger partial charge on any atom is -0.305 e. The fourth-order valence-corrected chi connectivity index (χ4v) is 1.02. The SMILES string of the molecule is CCCCC(=O)/C(C)=C(/C)C(C)=N. The van der Waals surface area contributed by atoms with Gasteiger partial charge in [-0.2, -0.15) is 0 Å². The summed E-state index contributed by atoms with van der Waals surface area (Å²) in [7, 11) is 0. The normalized spacial score (nSPS) is 12.3. The zero-order valence-electron chi connectivity index (χ0n) is 9.03. The molecule has 13 heavy (non-hydrogen) atoms. The molecule has 0 atom stereocenters. The summed E-state index contributed by atoms with van der Waals surface area (Å²) in [5, 5.41) is 7.39. The van der Waals surface area contributed by atoms with Crippen molar-refractivity contribution in [3.05, 3.63) is 11.1 Å². The van der Waals surface area contributed by atoms with Crippen LogP contribution in [0.4, 0.5) is 0 Å². The van der Waals surface area contributed by atoms with Crippen molar-refractivity contribution >= 4 is 11.5 Å². The second kappa shape index (κ2) is 5.68. The molecule has 2 heteroatoms. The zero-order valence-corrected chi connectivity index (χ0v) is 9.03. The van der Waals surface area contributed by atoms with Crippen LogP contribution in [-0.2, 0) is 4.79 Å². The Labute approximate surface area is 80.5 Å². The van der Waals surface area contributed by atoms with Gasteiger partial charge in [0.2, 0.25) is 0 Å². The Morgan fingerprint density at radius 1 is 1.15 bits per heavy atom. The van der Waals surface area contributed by atoms with Crippen molar-refractivity contribution in [1.29, 1.82) is 5.41 Å². The van der Waals surface area contributed by atoms with Crippen LogP contribution in [0.15, 0.2) is 11.1 Å². The summed E-state index contributed by atoms with van der Waals surface area (Å²) in [6, 6.07) is 0. The maximum Gasteiger partial charge on any atom is 0.158 e. The van der Waals surface area contributed by atoms with Crippen LogP contribution >= 0.6 is 0 Å². The molecule has 0 rings (SSSR count). The van der Waals surface area contributed by atoms with E-state index < -0.39 is 0 Å². The first-order chi connectivity index (χ1) is 6.00. The molecule has 0 radical (unpaired) electrons. The maximum atomic E-state index is 11.5. The Kier molecular flexibility index (Phi) is 5.28. The summed E-state index contributed by atoms with van der Waals surface area (Å²) in [5.41, 5.74) is 2.06. The Balaban J connectivity index is 4.40. The molecule has 0 aromatic carbocycles. The molecule has 0 fully saturated rings. The minimum atomic E-state index is 0.186. The number of ketones is 1. The molecule has 0 amide bonds. The minimum absolute atomic E-state index is 0.186. The Morgan fingerprint density at radius 3 is 2.08 bits per heavy atom. The van der Waals surface area contributed by atoms with E-state index in [1.807, 2.05) is 13.8 Å². The molecule has 0 spiro atoms. The van der Waals surface area contributed by atoms with E-state index in [9.17, 15) is 4.79 Å². The van der Waals surface area contributed by atoms with E-state index in [1.54, 1.807) is 6.92 Å². The average molecular weight is 181 g/mol. The zero-order chi connectivity index (χ0) is 10.4. The van der Waals surface area contributed by atoms with Gasteiger partial charge < -0.3 is 5.41 Å². The predicted octanol–water partition coefficient (Wildman–Crippen LogP) is 3.12. The summed E-state index contributed by atoms with van der Waals surface area (Å²) >= 11 is 0. The highest BCUT2D eigenvalue weighted by Crippen LogP contribution is 2.10. The van der Waals surface area contributed by atoms with Gasteiger partial charge in [-0.3, -0.25) is 4.79 Å². The molecule has 0 saturated carbocycles. The van der Waals surface area contributed by atoms with Gasteiger partial charge in [0, 0.05) is 12.1 Å². The van der Waals surface area contributed by atoms with Crippen molar-refractivity contribution in [3.8, 4) is 0 Å². The first-order valence-corrected chi connectivity index (χ1v) is 4.76. The van der Waals surface area contributed by atoms with Crippen molar-refractivity contribution < 1.29 is 4.79 Å². The van der Waals surface area contributed by atoms with Crippen LogP contribution in [0.2, 0.25) is 0 Å². The molecular weight excluding hydrogens is 162 g/mol. The van der Waals surface area contributed by atoms with Gasteiger partial charge in [0.15, 0.2) is 5.78 Å². The number of unbranched alkanes of at least 4 members (excludes halogenated alkanes) is 1. The summed E-state index contributed by atoms with van der Waals surface area (Å²) in [5.74, 6) is 0.186. The smallest absolute Gasteiger partial charge is 0.158 e. The van der Waals surface area contributed by atoms with E-state index in [1.165, 1.54) is 0 Å². The topological polar surface area (TPSA) is 40.9 Å². The molecule has 0 aliphatic rings. The molecule has 0 aromatic heterocycles. The van der Waals surface area contributed by atoms with Gasteiger partial charge in [-0.25, -0.2) is 0 Å². The molecule has 0 heterocycles. The fraction of sp³-hybridized carbons (Fsp3) is 0.636. The summed E-state index contributed by atoms with van der Waals surface area (Å²) < 4.78 is 0. The molecule has 0 bridgehead atoms. The summed E-state index contributed by atoms with van der Waals surface area (Å²) in [4.78, 5) is 11.5. The molecule has 0 aliphatic heterocycles. The van der Waals surface area contributed by atoms with E-state index in [-0.39, 0.29) is 5.78 Å². The number of rotatable bonds is 5. The number of nitrogens with one attached hydrogen (secondary N) is 1. The van der Waals surface area contributed by atoms with E-state index in [0.29, 0.717) is 12.1 Å². The number of carbonyl (C=O) groups is 1. The quantitative estimate of drug-likeness (QED) is 0.514. The molecule has 74 valence electrons. The van der Waals surface area contributed by atoms with Crippen LogP contribution in [0.3, 0.4) is 0 Å².